The number of aryl methyl sites for hydroxylation is 1. The van der Waals surface area contributed by atoms with Gasteiger partial charge in [0.15, 0.2) is 5.82 Å². The van der Waals surface area contributed by atoms with Gasteiger partial charge in [-0.15, -0.1) is 5.10 Å². The van der Waals surface area contributed by atoms with Gasteiger partial charge in [0.2, 0.25) is 5.91 Å². The maximum atomic E-state index is 12.0. The highest BCUT2D eigenvalue weighted by molar-refractivity contribution is 5.94. The number of amides is 1. The van der Waals surface area contributed by atoms with E-state index >= 15 is 0 Å². The summed E-state index contributed by atoms with van der Waals surface area (Å²) in [6.07, 6.45) is -0.112. The van der Waals surface area contributed by atoms with Crippen LogP contribution in [0.2, 0.25) is 0 Å². The number of hydrogen-bond donors (Lipinski definition) is 2. The standard InChI is InChI=1S/C15H19N5O3/c1-4-20-13(17-18-19-20)10-6-5-7-11(8-10)16-12(21)9-15(2,3)14(22)23/h5-8H,4,9H2,1-3H3,(H,16,21)(H,22,23). The second-order valence-electron chi connectivity index (χ2n) is 5.81. The Morgan fingerprint density at radius 3 is 2.74 bits per heavy atom. The van der Waals surface area contributed by atoms with Crippen molar-refractivity contribution in [3.8, 4) is 11.4 Å². The fourth-order valence-corrected chi connectivity index (χ4v) is 2.04. The topological polar surface area (TPSA) is 110 Å². The maximum absolute atomic E-state index is 12.0. The number of carboxylic acids is 1. The molecule has 1 aromatic heterocycles. The lowest BCUT2D eigenvalue weighted by Crippen LogP contribution is -2.29. The van der Waals surface area contributed by atoms with E-state index in [-0.39, 0.29) is 12.3 Å². The van der Waals surface area contributed by atoms with Gasteiger partial charge >= 0.3 is 5.97 Å². The number of nitrogens with zero attached hydrogens (tertiary/aromatic N) is 4. The zero-order valence-electron chi connectivity index (χ0n) is 13.3. The smallest absolute Gasteiger partial charge is 0.309 e. The van der Waals surface area contributed by atoms with Crippen LogP contribution in [0.25, 0.3) is 11.4 Å². The Morgan fingerprint density at radius 2 is 2.09 bits per heavy atom. The molecule has 0 unspecified atom stereocenters. The van der Waals surface area contributed by atoms with Crippen molar-refractivity contribution in [3.63, 3.8) is 0 Å². The minimum Gasteiger partial charge on any atom is -0.481 e. The largest absolute Gasteiger partial charge is 0.481 e. The molecule has 0 bridgehead atoms. The minimum absolute atomic E-state index is 0.112. The third kappa shape index (κ3) is 3.91. The Morgan fingerprint density at radius 1 is 1.35 bits per heavy atom. The van der Waals surface area contributed by atoms with Gasteiger partial charge in [0.1, 0.15) is 0 Å². The van der Waals surface area contributed by atoms with Crippen molar-refractivity contribution in [1.29, 1.82) is 0 Å². The zero-order chi connectivity index (χ0) is 17.0. The van der Waals surface area contributed by atoms with E-state index in [9.17, 15) is 9.59 Å². The van der Waals surface area contributed by atoms with Gasteiger partial charge in [-0.2, -0.15) is 0 Å². The lowest BCUT2D eigenvalue weighted by Gasteiger charge is -2.18. The molecule has 8 heteroatoms. The molecule has 0 fully saturated rings. The molecule has 0 saturated heterocycles. The Kier molecular flexibility index (Phi) is 4.73. The van der Waals surface area contributed by atoms with Crippen molar-refractivity contribution < 1.29 is 14.7 Å². The number of hydrogen-bond acceptors (Lipinski definition) is 5. The van der Waals surface area contributed by atoms with Gasteiger partial charge in [-0.1, -0.05) is 12.1 Å². The van der Waals surface area contributed by atoms with Gasteiger partial charge in [-0.3, -0.25) is 9.59 Å². The molecule has 0 radical (unpaired) electrons. The summed E-state index contributed by atoms with van der Waals surface area (Å²) in [4.78, 5) is 23.1. The second kappa shape index (κ2) is 6.55. The van der Waals surface area contributed by atoms with Crippen molar-refractivity contribution in [2.75, 3.05) is 5.32 Å². The summed E-state index contributed by atoms with van der Waals surface area (Å²) < 4.78 is 1.65. The minimum atomic E-state index is -1.12. The zero-order valence-corrected chi connectivity index (χ0v) is 13.3. The van der Waals surface area contributed by atoms with Crippen LogP contribution in [0.3, 0.4) is 0 Å². The molecule has 1 amide bonds. The van der Waals surface area contributed by atoms with Crippen LogP contribution in [0.4, 0.5) is 5.69 Å². The normalized spacial score (nSPS) is 11.3. The summed E-state index contributed by atoms with van der Waals surface area (Å²) in [5, 5.41) is 23.3. The quantitative estimate of drug-likeness (QED) is 0.840. The summed E-state index contributed by atoms with van der Waals surface area (Å²) >= 11 is 0. The summed E-state index contributed by atoms with van der Waals surface area (Å²) in [5.74, 6) is -0.761. The van der Waals surface area contributed by atoms with E-state index in [1.54, 1.807) is 22.9 Å². The molecule has 0 spiro atoms. The number of aromatic nitrogens is 4. The fourth-order valence-electron chi connectivity index (χ4n) is 2.04. The van der Waals surface area contributed by atoms with E-state index in [1.165, 1.54) is 13.8 Å². The van der Waals surface area contributed by atoms with Gasteiger partial charge in [0, 0.05) is 24.2 Å². The Hall–Kier alpha value is -2.77. The fraction of sp³-hybridized carbons (Fsp3) is 0.400. The maximum Gasteiger partial charge on any atom is 0.309 e. The molecular weight excluding hydrogens is 298 g/mol. The van der Waals surface area contributed by atoms with Gasteiger partial charge in [-0.05, 0) is 43.3 Å². The summed E-state index contributed by atoms with van der Waals surface area (Å²) in [5.41, 5.74) is 0.222. The first-order valence-electron chi connectivity index (χ1n) is 7.23. The summed E-state index contributed by atoms with van der Waals surface area (Å²) in [6.45, 7) is 5.59. The molecule has 1 heterocycles. The number of carbonyl (C=O) groups is 2. The SMILES string of the molecule is CCn1nnnc1-c1cccc(NC(=O)CC(C)(C)C(=O)O)c1. The third-order valence-electron chi connectivity index (χ3n) is 3.42. The van der Waals surface area contributed by atoms with Crippen molar-refractivity contribution in [1.82, 2.24) is 20.2 Å². The van der Waals surface area contributed by atoms with E-state index in [0.717, 1.165) is 5.56 Å². The molecule has 0 aliphatic heterocycles. The Balaban J connectivity index is 2.15. The van der Waals surface area contributed by atoms with Crippen LogP contribution in [0, 0.1) is 5.41 Å². The van der Waals surface area contributed by atoms with Crippen molar-refractivity contribution in [2.24, 2.45) is 5.41 Å². The predicted molar refractivity (Wildman–Crippen MR) is 83.6 cm³/mol. The van der Waals surface area contributed by atoms with Crippen LogP contribution in [0.15, 0.2) is 24.3 Å². The molecule has 2 aromatic rings. The molecule has 23 heavy (non-hydrogen) atoms. The monoisotopic (exact) mass is 317 g/mol. The lowest BCUT2D eigenvalue weighted by atomic mass is 9.89. The molecule has 122 valence electrons. The predicted octanol–water partition coefficient (Wildman–Crippen LogP) is 1.80. The van der Waals surface area contributed by atoms with Gasteiger partial charge in [0.05, 0.1) is 5.41 Å². The second-order valence-corrected chi connectivity index (χ2v) is 5.81. The molecular formula is C15H19N5O3. The highest BCUT2D eigenvalue weighted by Gasteiger charge is 2.30. The first-order chi connectivity index (χ1) is 10.8. The summed E-state index contributed by atoms with van der Waals surface area (Å²) in [6, 6.07) is 7.11. The van der Waals surface area contributed by atoms with Crippen LogP contribution in [-0.4, -0.2) is 37.2 Å². The third-order valence-corrected chi connectivity index (χ3v) is 3.42. The molecule has 0 aliphatic carbocycles. The average molecular weight is 317 g/mol. The van der Waals surface area contributed by atoms with Crippen molar-refractivity contribution in [3.05, 3.63) is 24.3 Å². The van der Waals surface area contributed by atoms with Crippen molar-refractivity contribution >= 4 is 17.6 Å². The average Bonchev–Trinajstić information content (AvgIpc) is 2.95. The van der Waals surface area contributed by atoms with Gasteiger partial charge in [-0.25, -0.2) is 4.68 Å². The molecule has 0 aliphatic rings. The van der Waals surface area contributed by atoms with E-state index in [4.69, 9.17) is 5.11 Å². The Labute approximate surface area is 133 Å². The number of aliphatic carboxylic acids is 1. The molecule has 1 aromatic carbocycles. The van der Waals surface area contributed by atoms with Gasteiger partial charge in [0.25, 0.3) is 0 Å². The highest BCUT2D eigenvalue weighted by Crippen LogP contribution is 2.23. The van der Waals surface area contributed by atoms with Crippen LogP contribution in [0.1, 0.15) is 27.2 Å². The van der Waals surface area contributed by atoms with Crippen LogP contribution in [0.5, 0.6) is 0 Å². The number of anilines is 1. The number of benzene rings is 1. The van der Waals surface area contributed by atoms with E-state index in [2.05, 4.69) is 20.8 Å². The first kappa shape index (κ1) is 16.6. The van der Waals surface area contributed by atoms with Crippen LogP contribution >= 0.6 is 0 Å². The van der Waals surface area contributed by atoms with Crippen LogP contribution in [-0.2, 0) is 16.1 Å². The van der Waals surface area contributed by atoms with Crippen molar-refractivity contribution in [2.45, 2.75) is 33.7 Å². The first-order valence-corrected chi connectivity index (χ1v) is 7.23. The van der Waals surface area contributed by atoms with E-state index < -0.39 is 11.4 Å². The molecule has 2 rings (SSSR count). The van der Waals surface area contributed by atoms with E-state index in [1.807, 2.05) is 13.0 Å². The molecule has 2 N–H and O–H groups in total. The van der Waals surface area contributed by atoms with E-state index in [0.29, 0.717) is 18.1 Å². The lowest BCUT2D eigenvalue weighted by molar-refractivity contribution is -0.148. The number of carbonyl (C=O) groups excluding carboxylic acids is 1. The van der Waals surface area contributed by atoms with Gasteiger partial charge < -0.3 is 10.4 Å². The number of nitrogens with one attached hydrogen (secondary N) is 1. The van der Waals surface area contributed by atoms with Crippen LogP contribution < -0.4 is 5.32 Å². The molecule has 0 saturated carbocycles. The number of rotatable bonds is 6. The molecule has 0 atom stereocenters. The Bertz CT molecular complexity index is 723. The number of tetrazole rings is 1. The molecule has 8 nitrogen and oxygen atoms in total. The highest BCUT2D eigenvalue weighted by atomic mass is 16.4. The number of carboxylic acid groups (broad SMARTS) is 1. The summed E-state index contributed by atoms with van der Waals surface area (Å²) in [7, 11) is 0.